The van der Waals surface area contributed by atoms with Gasteiger partial charge in [0, 0.05) is 36.7 Å². The molecule has 0 bridgehead atoms. The van der Waals surface area contributed by atoms with Gasteiger partial charge in [-0.1, -0.05) is 12.1 Å². The monoisotopic (exact) mass is 497 g/mol. The number of aryl methyl sites for hydroxylation is 1. The number of hydrogen-bond donors (Lipinski definition) is 2. The molecule has 2 rings (SSSR count). The first-order valence-corrected chi connectivity index (χ1v) is 11.3. The average Bonchev–Trinajstić information content (AvgIpc) is 3.26. The van der Waals surface area contributed by atoms with Gasteiger partial charge >= 0.3 is 0 Å². The number of nitrogens with zero attached hydrogens (tertiary/aromatic N) is 1. The van der Waals surface area contributed by atoms with Crippen molar-refractivity contribution in [3.8, 4) is 0 Å². The van der Waals surface area contributed by atoms with Crippen molar-refractivity contribution in [2.45, 2.75) is 31.2 Å². The summed E-state index contributed by atoms with van der Waals surface area (Å²) in [6.07, 6.45) is 5.30. The lowest BCUT2D eigenvalue weighted by Crippen LogP contribution is -2.41. The summed E-state index contributed by atoms with van der Waals surface area (Å²) < 4.78 is 23.1. The van der Waals surface area contributed by atoms with E-state index < -0.39 is 9.84 Å². The number of guanidine groups is 1. The highest BCUT2D eigenvalue weighted by molar-refractivity contribution is 14.0. The molecule has 5 nitrogen and oxygen atoms in total. The third kappa shape index (κ3) is 7.34. The molecule has 0 spiro atoms. The van der Waals surface area contributed by atoms with E-state index in [1.807, 2.05) is 0 Å². The van der Waals surface area contributed by atoms with Crippen molar-refractivity contribution in [1.82, 2.24) is 10.6 Å². The summed E-state index contributed by atoms with van der Waals surface area (Å²) in [5, 5.41) is 6.60. The first-order valence-electron chi connectivity index (χ1n) is 8.03. The summed E-state index contributed by atoms with van der Waals surface area (Å²) in [6.45, 7) is 3.42. The first kappa shape index (κ1) is 22.6. The second-order valence-corrected chi connectivity index (χ2v) is 9.65. The van der Waals surface area contributed by atoms with E-state index in [-0.39, 0.29) is 35.1 Å². The Labute approximate surface area is 172 Å². The highest BCUT2D eigenvalue weighted by Crippen LogP contribution is 2.45. The molecule has 8 heteroatoms. The van der Waals surface area contributed by atoms with Gasteiger partial charge in [-0.05, 0) is 43.2 Å². The maximum atomic E-state index is 11.5. The van der Waals surface area contributed by atoms with Crippen LogP contribution in [0.2, 0.25) is 0 Å². The van der Waals surface area contributed by atoms with Crippen LogP contribution >= 0.6 is 35.7 Å². The summed E-state index contributed by atoms with van der Waals surface area (Å²) in [5.74, 6) is 0.959. The fourth-order valence-corrected chi connectivity index (χ4v) is 4.98. The summed E-state index contributed by atoms with van der Waals surface area (Å²) >= 11 is 1.74. The van der Waals surface area contributed by atoms with Crippen LogP contribution in [-0.4, -0.2) is 46.2 Å². The molecular weight excluding hydrogens is 469 g/mol. The van der Waals surface area contributed by atoms with E-state index in [4.69, 9.17) is 0 Å². The molecule has 25 heavy (non-hydrogen) atoms. The predicted octanol–water partition coefficient (Wildman–Crippen LogP) is 2.82. The molecule has 1 saturated carbocycles. The van der Waals surface area contributed by atoms with Gasteiger partial charge in [-0.3, -0.25) is 4.99 Å². The van der Waals surface area contributed by atoms with Gasteiger partial charge in [-0.25, -0.2) is 8.42 Å². The number of rotatable bonds is 7. The van der Waals surface area contributed by atoms with Crippen LogP contribution < -0.4 is 10.6 Å². The second kappa shape index (κ2) is 9.45. The molecule has 142 valence electrons. The van der Waals surface area contributed by atoms with Crippen LogP contribution in [0.15, 0.2) is 28.1 Å². The van der Waals surface area contributed by atoms with Crippen LogP contribution in [0.3, 0.4) is 0 Å². The van der Waals surface area contributed by atoms with Crippen LogP contribution in [-0.2, 0) is 16.4 Å². The van der Waals surface area contributed by atoms with Crippen molar-refractivity contribution in [2.75, 3.05) is 31.9 Å². The SMILES string of the molecule is CN=C(NCc1ccc(C)cc1SC)NCC1(CS(C)(=O)=O)CC1.I. The van der Waals surface area contributed by atoms with Crippen molar-refractivity contribution in [1.29, 1.82) is 0 Å². The Kier molecular flexibility index (Phi) is 8.53. The lowest BCUT2D eigenvalue weighted by molar-refractivity contribution is 0.529. The third-order valence-electron chi connectivity index (χ3n) is 4.27. The first-order chi connectivity index (χ1) is 11.3. The largest absolute Gasteiger partial charge is 0.356 e. The Morgan fingerprint density at radius 1 is 1.32 bits per heavy atom. The molecular formula is C17H28IN3O2S2. The third-order valence-corrected chi connectivity index (χ3v) is 6.23. The Hall–Kier alpha value is -0.480. The second-order valence-electron chi connectivity index (χ2n) is 6.66. The van der Waals surface area contributed by atoms with E-state index in [9.17, 15) is 8.42 Å². The van der Waals surface area contributed by atoms with Gasteiger partial charge in [0.05, 0.1) is 5.75 Å². The number of nitrogens with one attached hydrogen (secondary N) is 2. The Morgan fingerprint density at radius 3 is 2.52 bits per heavy atom. The van der Waals surface area contributed by atoms with Crippen LogP contribution in [0.5, 0.6) is 0 Å². The van der Waals surface area contributed by atoms with Crippen molar-refractivity contribution in [3.05, 3.63) is 29.3 Å². The molecule has 0 amide bonds. The minimum Gasteiger partial charge on any atom is -0.356 e. The maximum Gasteiger partial charge on any atom is 0.191 e. The molecule has 1 aromatic rings. The molecule has 0 heterocycles. The standard InChI is InChI=1S/C17H27N3O2S2.HI/c1-13-5-6-14(15(9-13)23-3)10-19-16(18-2)20-11-17(7-8-17)12-24(4,21)22;/h5-6,9H,7-8,10-12H2,1-4H3,(H2,18,19,20);1H. The molecule has 2 N–H and O–H groups in total. The Morgan fingerprint density at radius 2 is 2.00 bits per heavy atom. The molecule has 0 atom stereocenters. The zero-order valence-corrected chi connectivity index (χ0v) is 19.2. The van der Waals surface area contributed by atoms with Crippen LogP contribution in [0.1, 0.15) is 24.0 Å². The van der Waals surface area contributed by atoms with E-state index in [2.05, 4.69) is 47.0 Å². The number of thioether (sulfide) groups is 1. The van der Waals surface area contributed by atoms with Crippen LogP contribution in [0, 0.1) is 12.3 Å². The summed E-state index contributed by atoms with van der Waals surface area (Å²) in [6, 6.07) is 6.43. The molecule has 1 fully saturated rings. The molecule has 0 saturated heterocycles. The van der Waals surface area contributed by atoms with Crippen molar-refractivity contribution >= 4 is 51.5 Å². The van der Waals surface area contributed by atoms with Crippen LogP contribution in [0.25, 0.3) is 0 Å². The van der Waals surface area contributed by atoms with Gasteiger partial charge in [0.1, 0.15) is 9.84 Å². The van der Waals surface area contributed by atoms with Crippen molar-refractivity contribution in [2.24, 2.45) is 10.4 Å². The molecule has 0 radical (unpaired) electrons. The number of aliphatic imine (C=N–C) groups is 1. The van der Waals surface area contributed by atoms with E-state index in [1.54, 1.807) is 18.8 Å². The molecule has 1 aromatic carbocycles. The molecule has 0 unspecified atom stereocenters. The van der Waals surface area contributed by atoms with Gasteiger partial charge in [-0.15, -0.1) is 35.7 Å². The highest BCUT2D eigenvalue weighted by atomic mass is 127. The van der Waals surface area contributed by atoms with Crippen molar-refractivity contribution in [3.63, 3.8) is 0 Å². The lowest BCUT2D eigenvalue weighted by atomic mass is 10.1. The van der Waals surface area contributed by atoms with Gasteiger partial charge in [0.2, 0.25) is 0 Å². The summed E-state index contributed by atoms with van der Waals surface area (Å²) in [4.78, 5) is 5.50. The van der Waals surface area contributed by atoms with Crippen molar-refractivity contribution < 1.29 is 8.42 Å². The smallest absolute Gasteiger partial charge is 0.191 e. The molecule has 0 aliphatic heterocycles. The van der Waals surface area contributed by atoms with E-state index in [0.717, 1.165) is 12.8 Å². The van der Waals surface area contributed by atoms with E-state index >= 15 is 0 Å². The Bertz CT molecular complexity index is 717. The maximum absolute atomic E-state index is 11.5. The topological polar surface area (TPSA) is 70.6 Å². The van der Waals surface area contributed by atoms with E-state index in [0.29, 0.717) is 19.0 Å². The van der Waals surface area contributed by atoms with Gasteiger partial charge in [0.15, 0.2) is 5.96 Å². The zero-order valence-electron chi connectivity index (χ0n) is 15.3. The molecule has 0 aromatic heterocycles. The number of halogens is 1. The van der Waals surface area contributed by atoms with Gasteiger partial charge < -0.3 is 10.6 Å². The van der Waals surface area contributed by atoms with Gasteiger partial charge in [-0.2, -0.15) is 0 Å². The quantitative estimate of drug-likeness (QED) is 0.263. The summed E-state index contributed by atoms with van der Waals surface area (Å²) in [7, 11) is -1.21. The number of hydrogen-bond acceptors (Lipinski definition) is 4. The lowest BCUT2D eigenvalue weighted by Gasteiger charge is -2.18. The fraction of sp³-hybridized carbons (Fsp3) is 0.588. The van der Waals surface area contributed by atoms with Crippen LogP contribution in [0.4, 0.5) is 0 Å². The Balaban J connectivity index is 0.00000312. The molecule has 1 aliphatic rings. The summed E-state index contributed by atoms with van der Waals surface area (Å²) in [5.41, 5.74) is 2.37. The minimum atomic E-state index is -2.95. The fourth-order valence-electron chi connectivity index (χ4n) is 2.77. The number of sulfone groups is 1. The minimum absolute atomic E-state index is 0. The number of benzene rings is 1. The van der Waals surface area contributed by atoms with E-state index in [1.165, 1.54) is 22.3 Å². The average molecular weight is 497 g/mol. The van der Waals surface area contributed by atoms with Gasteiger partial charge in [0.25, 0.3) is 0 Å². The molecule has 1 aliphatic carbocycles. The zero-order chi connectivity index (χ0) is 17.8. The highest BCUT2D eigenvalue weighted by Gasteiger charge is 2.45. The predicted molar refractivity (Wildman–Crippen MR) is 118 cm³/mol. The normalized spacial score (nSPS) is 16.1.